The molecular formula is C13H16N8. The van der Waals surface area contributed by atoms with E-state index in [1.807, 2.05) is 27.0 Å². The lowest BCUT2D eigenvalue weighted by Crippen LogP contribution is -2.10. The average molecular weight is 284 g/mol. The molecule has 0 fully saturated rings. The molecule has 0 aliphatic rings. The zero-order valence-corrected chi connectivity index (χ0v) is 12.1. The first-order valence-corrected chi connectivity index (χ1v) is 6.56. The summed E-state index contributed by atoms with van der Waals surface area (Å²) in [7, 11) is 1.85. The van der Waals surface area contributed by atoms with Gasteiger partial charge in [-0.05, 0) is 19.9 Å². The van der Waals surface area contributed by atoms with Crippen molar-refractivity contribution in [1.29, 1.82) is 0 Å². The summed E-state index contributed by atoms with van der Waals surface area (Å²) in [6, 6.07) is 2.00. The van der Waals surface area contributed by atoms with Gasteiger partial charge in [-0.15, -0.1) is 0 Å². The second-order valence-electron chi connectivity index (χ2n) is 4.75. The molecule has 0 amide bonds. The van der Waals surface area contributed by atoms with Crippen LogP contribution in [0.5, 0.6) is 0 Å². The first-order valence-electron chi connectivity index (χ1n) is 6.56. The summed E-state index contributed by atoms with van der Waals surface area (Å²) in [6.45, 7) is 4.47. The van der Waals surface area contributed by atoms with Crippen LogP contribution < -0.4 is 5.32 Å². The predicted octanol–water partition coefficient (Wildman–Crippen LogP) is 1.02. The molecule has 0 bridgehead atoms. The van der Waals surface area contributed by atoms with Gasteiger partial charge in [0.15, 0.2) is 5.82 Å². The van der Waals surface area contributed by atoms with Gasteiger partial charge in [-0.2, -0.15) is 10.2 Å². The third kappa shape index (κ3) is 2.73. The van der Waals surface area contributed by atoms with Crippen molar-refractivity contribution in [1.82, 2.24) is 34.5 Å². The molecule has 0 radical (unpaired) electrons. The van der Waals surface area contributed by atoms with E-state index in [2.05, 4.69) is 30.5 Å². The number of rotatable bonds is 4. The van der Waals surface area contributed by atoms with Crippen LogP contribution in [-0.2, 0) is 13.6 Å². The molecular weight excluding hydrogens is 268 g/mol. The largest absolute Gasteiger partial charge is 0.361 e. The van der Waals surface area contributed by atoms with Crippen molar-refractivity contribution < 1.29 is 0 Å². The van der Waals surface area contributed by atoms with Crippen molar-refractivity contribution in [2.75, 3.05) is 5.32 Å². The maximum atomic E-state index is 4.52. The van der Waals surface area contributed by atoms with E-state index in [4.69, 9.17) is 0 Å². The minimum absolute atomic E-state index is 0.533. The van der Waals surface area contributed by atoms with E-state index in [1.54, 1.807) is 21.8 Å². The van der Waals surface area contributed by atoms with Crippen LogP contribution in [0.15, 0.2) is 24.8 Å². The van der Waals surface area contributed by atoms with Gasteiger partial charge < -0.3 is 5.32 Å². The van der Waals surface area contributed by atoms with Gasteiger partial charge in [-0.25, -0.2) is 14.6 Å². The number of hydrogen-bond acceptors (Lipinski definition) is 6. The van der Waals surface area contributed by atoms with E-state index >= 15 is 0 Å². The number of nitrogens with zero attached hydrogens (tertiary/aromatic N) is 7. The Kier molecular flexibility index (Phi) is 3.35. The molecule has 8 nitrogen and oxygen atoms in total. The third-order valence-corrected chi connectivity index (χ3v) is 3.08. The normalized spacial score (nSPS) is 10.8. The van der Waals surface area contributed by atoms with Gasteiger partial charge in [-0.3, -0.25) is 9.67 Å². The quantitative estimate of drug-likeness (QED) is 0.769. The summed E-state index contributed by atoms with van der Waals surface area (Å²) in [6.07, 6.45) is 4.88. The molecule has 3 aromatic rings. The summed E-state index contributed by atoms with van der Waals surface area (Å²) >= 11 is 0. The molecule has 1 N–H and O–H groups in total. The van der Waals surface area contributed by atoms with Crippen molar-refractivity contribution in [3.63, 3.8) is 0 Å². The molecule has 0 aliphatic heterocycles. The van der Waals surface area contributed by atoms with Gasteiger partial charge in [-0.1, -0.05) is 0 Å². The molecule has 0 saturated heterocycles. The molecule has 108 valence electrons. The Hall–Kier alpha value is -2.77. The molecule has 3 heterocycles. The fourth-order valence-electron chi connectivity index (χ4n) is 2.05. The number of aryl methyl sites for hydroxylation is 3. The van der Waals surface area contributed by atoms with Crippen LogP contribution in [0.4, 0.5) is 5.82 Å². The van der Waals surface area contributed by atoms with Crippen LogP contribution in [0, 0.1) is 13.8 Å². The SMILES string of the molecule is Cc1cc(C)n(-c2cncc(NCc3ncnn3C)n2)n1. The Labute approximate surface area is 121 Å². The first kappa shape index (κ1) is 13.2. The van der Waals surface area contributed by atoms with Gasteiger partial charge in [0.2, 0.25) is 0 Å². The molecule has 0 spiro atoms. The Morgan fingerprint density at radius 2 is 2.10 bits per heavy atom. The maximum Gasteiger partial charge on any atom is 0.174 e. The smallest absolute Gasteiger partial charge is 0.174 e. The second kappa shape index (κ2) is 5.31. The van der Waals surface area contributed by atoms with Gasteiger partial charge in [0.25, 0.3) is 0 Å². The average Bonchev–Trinajstić information content (AvgIpc) is 3.02. The van der Waals surface area contributed by atoms with E-state index in [9.17, 15) is 0 Å². The summed E-state index contributed by atoms with van der Waals surface area (Å²) in [5.41, 5.74) is 1.97. The molecule has 0 aliphatic carbocycles. The van der Waals surface area contributed by atoms with Gasteiger partial charge in [0.05, 0.1) is 24.6 Å². The molecule has 8 heteroatoms. The van der Waals surface area contributed by atoms with E-state index in [1.165, 1.54) is 6.33 Å². The molecule has 0 saturated carbocycles. The van der Waals surface area contributed by atoms with Crippen molar-refractivity contribution in [3.05, 3.63) is 42.0 Å². The molecule has 0 atom stereocenters. The monoisotopic (exact) mass is 284 g/mol. The van der Waals surface area contributed by atoms with Crippen LogP contribution in [-0.4, -0.2) is 34.5 Å². The Bertz CT molecular complexity index is 757. The number of anilines is 1. The minimum Gasteiger partial charge on any atom is -0.361 e. The fourth-order valence-corrected chi connectivity index (χ4v) is 2.05. The van der Waals surface area contributed by atoms with Crippen molar-refractivity contribution in [2.45, 2.75) is 20.4 Å². The van der Waals surface area contributed by atoms with Crippen molar-refractivity contribution in [3.8, 4) is 5.82 Å². The molecule has 0 unspecified atom stereocenters. The highest BCUT2D eigenvalue weighted by atomic mass is 15.3. The highest BCUT2D eigenvalue weighted by Gasteiger charge is 2.07. The summed E-state index contributed by atoms with van der Waals surface area (Å²) in [5, 5.41) is 11.6. The lowest BCUT2D eigenvalue weighted by molar-refractivity contribution is 0.710. The van der Waals surface area contributed by atoms with Crippen LogP contribution in [0.25, 0.3) is 5.82 Å². The molecule has 0 aromatic carbocycles. The number of hydrogen-bond donors (Lipinski definition) is 1. The van der Waals surface area contributed by atoms with E-state index in [0.717, 1.165) is 17.2 Å². The van der Waals surface area contributed by atoms with Crippen molar-refractivity contribution >= 4 is 5.82 Å². The first-order chi connectivity index (χ1) is 10.1. The van der Waals surface area contributed by atoms with Crippen LogP contribution in [0.2, 0.25) is 0 Å². The topological polar surface area (TPSA) is 86.3 Å². The zero-order valence-electron chi connectivity index (χ0n) is 12.1. The second-order valence-corrected chi connectivity index (χ2v) is 4.75. The van der Waals surface area contributed by atoms with Gasteiger partial charge in [0, 0.05) is 12.7 Å². The molecule has 3 aromatic heterocycles. The Morgan fingerprint density at radius 1 is 1.24 bits per heavy atom. The Balaban J connectivity index is 1.80. The summed E-state index contributed by atoms with van der Waals surface area (Å²) < 4.78 is 3.49. The molecule has 21 heavy (non-hydrogen) atoms. The van der Waals surface area contributed by atoms with Gasteiger partial charge >= 0.3 is 0 Å². The van der Waals surface area contributed by atoms with Crippen LogP contribution in [0.1, 0.15) is 17.2 Å². The lowest BCUT2D eigenvalue weighted by Gasteiger charge is -2.07. The number of nitrogens with one attached hydrogen (secondary N) is 1. The van der Waals surface area contributed by atoms with Crippen LogP contribution >= 0.6 is 0 Å². The van der Waals surface area contributed by atoms with E-state index in [-0.39, 0.29) is 0 Å². The minimum atomic E-state index is 0.533. The highest BCUT2D eigenvalue weighted by molar-refractivity contribution is 5.36. The highest BCUT2D eigenvalue weighted by Crippen LogP contribution is 2.11. The third-order valence-electron chi connectivity index (χ3n) is 3.08. The standard InChI is InChI=1S/C13H16N8/c1-9-4-10(2)21(19-9)13-6-14-5-11(18-13)15-7-12-16-8-17-20(12)3/h4-6,8H,7H2,1-3H3,(H,15,18). The number of aromatic nitrogens is 7. The molecule has 3 rings (SSSR count). The van der Waals surface area contributed by atoms with E-state index < -0.39 is 0 Å². The van der Waals surface area contributed by atoms with Gasteiger partial charge in [0.1, 0.15) is 18.0 Å². The summed E-state index contributed by atoms with van der Waals surface area (Å²) in [5.74, 6) is 2.18. The Morgan fingerprint density at radius 3 is 2.76 bits per heavy atom. The summed E-state index contributed by atoms with van der Waals surface area (Å²) in [4.78, 5) is 12.9. The zero-order chi connectivity index (χ0) is 14.8. The van der Waals surface area contributed by atoms with Crippen molar-refractivity contribution in [2.24, 2.45) is 7.05 Å². The lowest BCUT2D eigenvalue weighted by atomic mass is 10.4. The fraction of sp³-hybridized carbons (Fsp3) is 0.308. The van der Waals surface area contributed by atoms with E-state index in [0.29, 0.717) is 18.2 Å². The van der Waals surface area contributed by atoms with Crippen LogP contribution in [0.3, 0.4) is 0 Å². The predicted molar refractivity (Wildman–Crippen MR) is 77.0 cm³/mol. The maximum absolute atomic E-state index is 4.52.